The van der Waals surface area contributed by atoms with Gasteiger partial charge in [0.05, 0.1) is 5.39 Å². The van der Waals surface area contributed by atoms with Gasteiger partial charge in [-0.25, -0.2) is 4.68 Å². The van der Waals surface area contributed by atoms with Gasteiger partial charge in [-0.15, -0.1) is 0 Å². The summed E-state index contributed by atoms with van der Waals surface area (Å²) in [4.78, 5) is 25.5. The Labute approximate surface area is 160 Å². The van der Waals surface area contributed by atoms with E-state index in [-0.39, 0.29) is 17.2 Å². The standard InChI is InChI=1S/C20H20BrN3O2/c1-3-4-11-24-20(26)16-8-6-5-7-15(16)18(23-24)19(25)22-17-10-9-14(21)12-13(17)2/h5-10,12H,3-4,11H2,1-2H3,(H,22,25). The molecule has 3 aromatic rings. The molecule has 1 amide bonds. The van der Waals surface area contributed by atoms with Crippen LogP contribution in [0.5, 0.6) is 0 Å². The van der Waals surface area contributed by atoms with Crippen molar-refractivity contribution in [2.45, 2.75) is 33.2 Å². The second kappa shape index (κ2) is 7.83. The molecule has 0 saturated heterocycles. The largest absolute Gasteiger partial charge is 0.320 e. The van der Waals surface area contributed by atoms with Crippen LogP contribution in [-0.4, -0.2) is 15.7 Å². The summed E-state index contributed by atoms with van der Waals surface area (Å²) in [7, 11) is 0. The highest BCUT2D eigenvalue weighted by Crippen LogP contribution is 2.21. The predicted octanol–water partition coefficient (Wildman–Crippen LogP) is 4.52. The summed E-state index contributed by atoms with van der Waals surface area (Å²) in [6.07, 6.45) is 1.78. The molecule has 0 saturated carbocycles. The number of aromatic nitrogens is 2. The van der Waals surface area contributed by atoms with Crippen LogP contribution in [-0.2, 0) is 6.54 Å². The number of aryl methyl sites for hydroxylation is 2. The molecule has 1 aromatic heterocycles. The van der Waals surface area contributed by atoms with Gasteiger partial charge in [0, 0.05) is 22.1 Å². The lowest BCUT2D eigenvalue weighted by Crippen LogP contribution is -2.27. The van der Waals surface area contributed by atoms with Crippen LogP contribution in [0.1, 0.15) is 35.8 Å². The normalized spacial score (nSPS) is 10.9. The average molecular weight is 414 g/mol. The zero-order valence-electron chi connectivity index (χ0n) is 14.8. The SMILES string of the molecule is CCCCn1nc(C(=O)Nc2ccc(Br)cc2C)c2ccccc2c1=O. The molecule has 0 aliphatic heterocycles. The smallest absolute Gasteiger partial charge is 0.276 e. The lowest BCUT2D eigenvalue weighted by Gasteiger charge is -2.12. The van der Waals surface area contributed by atoms with E-state index in [0.717, 1.165) is 28.6 Å². The van der Waals surface area contributed by atoms with Crippen molar-refractivity contribution in [3.63, 3.8) is 0 Å². The maximum atomic E-state index is 12.9. The van der Waals surface area contributed by atoms with Crippen LogP contribution in [0.25, 0.3) is 10.8 Å². The number of anilines is 1. The van der Waals surface area contributed by atoms with Crippen LogP contribution in [0.15, 0.2) is 51.7 Å². The molecule has 6 heteroatoms. The molecule has 0 bridgehead atoms. The maximum Gasteiger partial charge on any atom is 0.276 e. The molecule has 134 valence electrons. The lowest BCUT2D eigenvalue weighted by molar-refractivity contribution is 0.102. The molecule has 26 heavy (non-hydrogen) atoms. The molecule has 1 N–H and O–H groups in total. The second-order valence-corrected chi connectivity index (χ2v) is 7.11. The minimum atomic E-state index is -0.322. The number of benzene rings is 2. The fourth-order valence-electron chi connectivity index (χ4n) is 2.81. The summed E-state index contributed by atoms with van der Waals surface area (Å²) < 4.78 is 2.35. The van der Waals surface area contributed by atoms with Crippen LogP contribution in [0.4, 0.5) is 5.69 Å². The fraction of sp³-hybridized carbons (Fsp3) is 0.250. The highest BCUT2D eigenvalue weighted by atomic mass is 79.9. The first kappa shape index (κ1) is 18.3. The molecule has 3 rings (SSSR count). The zero-order valence-corrected chi connectivity index (χ0v) is 16.3. The van der Waals surface area contributed by atoms with Crippen molar-refractivity contribution < 1.29 is 4.79 Å². The van der Waals surface area contributed by atoms with E-state index in [0.29, 0.717) is 17.3 Å². The maximum absolute atomic E-state index is 12.9. The Morgan fingerprint density at radius 3 is 2.62 bits per heavy atom. The van der Waals surface area contributed by atoms with Gasteiger partial charge in [-0.2, -0.15) is 5.10 Å². The third-order valence-electron chi connectivity index (χ3n) is 4.24. The molecule has 0 spiro atoms. The van der Waals surface area contributed by atoms with Gasteiger partial charge in [0.25, 0.3) is 11.5 Å². The monoisotopic (exact) mass is 413 g/mol. The number of nitrogens with one attached hydrogen (secondary N) is 1. The van der Waals surface area contributed by atoms with Crippen molar-refractivity contribution in [2.24, 2.45) is 0 Å². The van der Waals surface area contributed by atoms with Crippen molar-refractivity contribution >= 4 is 38.3 Å². The summed E-state index contributed by atoms with van der Waals surface area (Å²) >= 11 is 3.42. The van der Waals surface area contributed by atoms with Gasteiger partial charge in [-0.05, 0) is 43.2 Å². The molecular formula is C20H20BrN3O2. The molecule has 2 aromatic carbocycles. The zero-order chi connectivity index (χ0) is 18.7. The van der Waals surface area contributed by atoms with Crippen molar-refractivity contribution in [1.29, 1.82) is 0 Å². The number of carbonyl (C=O) groups is 1. The lowest BCUT2D eigenvalue weighted by atomic mass is 10.1. The van der Waals surface area contributed by atoms with E-state index in [1.54, 1.807) is 18.2 Å². The van der Waals surface area contributed by atoms with E-state index in [9.17, 15) is 9.59 Å². The minimum absolute atomic E-state index is 0.162. The van der Waals surface area contributed by atoms with Gasteiger partial charge in [-0.3, -0.25) is 9.59 Å². The Kier molecular flexibility index (Phi) is 5.52. The number of rotatable bonds is 5. The van der Waals surface area contributed by atoms with Gasteiger partial charge in [0.2, 0.25) is 0 Å². The highest BCUT2D eigenvalue weighted by Gasteiger charge is 2.17. The molecule has 0 unspecified atom stereocenters. The summed E-state index contributed by atoms with van der Waals surface area (Å²) in [5, 5.41) is 8.35. The summed E-state index contributed by atoms with van der Waals surface area (Å²) in [5.74, 6) is -0.322. The Balaban J connectivity index is 2.06. The Morgan fingerprint density at radius 1 is 1.19 bits per heavy atom. The first-order valence-electron chi connectivity index (χ1n) is 8.58. The van der Waals surface area contributed by atoms with E-state index in [1.807, 2.05) is 31.2 Å². The fourth-order valence-corrected chi connectivity index (χ4v) is 3.29. The third-order valence-corrected chi connectivity index (χ3v) is 4.74. The summed E-state index contributed by atoms with van der Waals surface area (Å²) in [6, 6.07) is 12.8. The van der Waals surface area contributed by atoms with Gasteiger partial charge < -0.3 is 5.32 Å². The van der Waals surface area contributed by atoms with Crippen LogP contribution in [0.3, 0.4) is 0 Å². The van der Waals surface area contributed by atoms with E-state index in [4.69, 9.17) is 0 Å². The minimum Gasteiger partial charge on any atom is -0.320 e. The number of fused-ring (bicyclic) bond motifs is 1. The van der Waals surface area contributed by atoms with E-state index in [1.165, 1.54) is 4.68 Å². The molecule has 0 radical (unpaired) electrons. The number of halogens is 1. The first-order chi connectivity index (χ1) is 12.5. The number of hydrogen-bond donors (Lipinski definition) is 1. The summed E-state index contributed by atoms with van der Waals surface area (Å²) in [5.41, 5.74) is 1.76. The Morgan fingerprint density at radius 2 is 1.92 bits per heavy atom. The van der Waals surface area contributed by atoms with Crippen LogP contribution in [0.2, 0.25) is 0 Å². The number of nitrogens with zero attached hydrogens (tertiary/aromatic N) is 2. The van der Waals surface area contributed by atoms with Crippen LogP contribution in [0, 0.1) is 6.92 Å². The number of amides is 1. The molecule has 0 aliphatic carbocycles. The molecule has 0 aliphatic rings. The summed E-state index contributed by atoms with van der Waals surface area (Å²) in [6.45, 7) is 4.47. The quantitative estimate of drug-likeness (QED) is 0.668. The van der Waals surface area contributed by atoms with Gasteiger partial charge in [0.15, 0.2) is 5.69 Å². The molecule has 0 atom stereocenters. The molecule has 1 heterocycles. The number of carbonyl (C=O) groups excluding carboxylic acids is 1. The molecule has 5 nitrogen and oxygen atoms in total. The highest BCUT2D eigenvalue weighted by molar-refractivity contribution is 9.10. The van der Waals surface area contributed by atoms with Crippen LogP contribution >= 0.6 is 15.9 Å². The van der Waals surface area contributed by atoms with Gasteiger partial charge >= 0.3 is 0 Å². The topological polar surface area (TPSA) is 64.0 Å². The van der Waals surface area contributed by atoms with E-state index >= 15 is 0 Å². The first-order valence-corrected chi connectivity index (χ1v) is 9.38. The average Bonchev–Trinajstić information content (AvgIpc) is 2.63. The van der Waals surface area contributed by atoms with Crippen molar-refractivity contribution in [3.8, 4) is 0 Å². The molecule has 0 fully saturated rings. The van der Waals surface area contributed by atoms with Gasteiger partial charge in [0.1, 0.15) is 0 Å². The van der Waals surface area contributed by atoms with Crippen LogP contribution < -0.4 is 10.9 Å². The number of unbranched alkanes of at least 4 members (excludes halogenated alkanes) is 1. The van der Waals surface area contributed by atoms with E-state index < -0.39 is 0 Å². The Bertz CT molecular complexity index is 1030. The molecular weight excluding hydrogens is 394 g/mol. The van der Waals surface area contributed by atoms with Crippen molar-refractivity contribution in [1.82, 2.24) is 9.78 Å². The number of hydrogen-bond acceptors (Lipinski definition) is 3. The van der Waals surface area contributed by atoms with E-state index in [2.05, 4.69) is 33.3 Å². The van der Waals surface area contributed by atoms with Crippen molar-refractivity contribution in [3.05, 3.63) is 68.5 Å². The Hall–Kier alpha value is -2.47. The van der Waals surface area contributed by atoms with Gasteiger partial charge in [-0.1, -0.05) is 47.5 Å². The third kappa shape index (κ3) is 3.70. The second-order valence-electron chi connectivity index (χ2n) is 6.19. The van der Waals surface area contributed by atoms with Crippen molar-refractivity contribution in [2.75, 3.05) is 5.32 Å². The predicted molar refractivity (Wildman–Crippen MR) is 108 cm³/mol.